The first-order chi connectivity index (χ1) is 6.33. The summed E-state index contributed by atoms with van der Waals surface area (Å²) in [5.74, 6) is 7.12. The van der Waals surface area contributed by atoms with Crippen LogP contribution in [0.3, 0.4) is 0 Å². The molecule has 2 aromatic rings. The molecule has 0 aliphatic heterocycles. The summed E-state index contributed by atoms with van der Waals surface area (Å²) in [5, 5.41) is 12.7. The van der Waals surface area contributed by atoms with E-state index in [1.807, 2.05) is 0 Å². The highest BCUT2D eigenvalue weighted by Gasteiger charge is 2.08. The van der Waals surface area contributed by atoms with Gasteiger partial charge in [-0.1, -0.05) is 18.7 Å². The Balaban J connectivity index is 2.35. The van der Waals surface area contributed by atoms with Crippen LogP contribution in [0.15, 0.2) is 11.5 Å². The third kappa shape index (κ3) is 1.35. The van der Waals surface area contributed by atoms with E-state index in [1.165, 1.54) is 11.0 Å². The molecule has 2 rings (SSSR count). The predicted octanol–water partition coefficient (Wildman–Crippen LogP) is 0.142. The largest absolute Gasteiger partial charge is 0.335 e. The molecule has 0 saturated carbocycles. The maximum Gasteiger partial charge on any atom is 0.273 e. The molecule has 0 bridgehead atoms. The first kappa shape index (κ1) is 8.36. The highest BCUT2D eigenvalue weighted by molar-refractivity contribution is 7.99. The Kier molecular flexibility index (Phi) is 2.09. The second-order valence-corrected chi connectivity index (χ2v) is 3.64. The Morgan fingerprint density at radius 2 is 2.38 bits per heavy atom. The minimum Gasteiger partial charge on any atom is -0.335 e. The first-order valence-corrected chi connectivity index (χ1v) is 4.98. The van der Waals surface area contributed by atoms with Crippen molar-refractivity contribution in [2.45, 2.75) is 18.5 Å². The van der Waals surface area contributed by atoms with Crippen LogP contribution in [0, 0.1) is 0 Å². The molecule has 2 N–H and O–H groups in total. The smallest absolute Gasteiger partial charge is 0.273 e. The summed E-state index contributed by atoms with van der Waals surface area (Å²) in [6.07, 6.45) is 2.61. The van der Waals surface area contributed by atoms with Crippen molar-refractivity contribution in [1.29, 1.82) is 0 Å². The van der Waals surface area contributed by atoms with Crippen LogP contribution in [0.25, 0.3) is 5.78 Å². The van der Waals surface area contributed by atoms with Crippen LogP contribution in [0.5, 0.6) is 0 Å². The topological polar surface area (TPSA) is 74.0 Å². The first-order valence-electron chi connectivity index (χ1n) is 3.99. The molecule has 6 nitrogen and oxygen atoms in total. The molecule has 2 heterocycles. The van der Waals surface area contributed by atoms with Crippen molar-refractivity contribution in [3.8, 4) is 0 Å². The Hall–Kier alpha value is -1.24. The summed E-state index contributed by atoms with van der Waals surface area (Å²) >= 11 is 1.63. The molecule has 13 heavy (non-hydrogen) atoms. The molecule has 0 aliphatic carbocycles. The molecule has 7 heteroatoms. The van der Waals surface area contributed by atoms with Crippen LogP contribution in [0.2, 0.25) is 0 Å². The number of hydrogen-bond acceptors (Lipinski definition) is 5. The third-order valence-corrected chi connectivity index (χ3v) is 2.68. The number of hydrogen-bond donors (Lipinski definition) is 1. The molecule has 0 spiro atoms. The van der Waals surface area contributed by atoms with Crippen molar-refractivity contribution in [2.75, 3.05) is 11.6 Å². The van der Waals surface area contributed by atoms with Crippen LogP contribution in [0.1, 0.15) is 13.3 Å². The van der Waals surface area contributed by atoms with Crippen molar-refractivity contribution in [3.63, 3.8) is 0 Å². The van der Waals surface area contributed by atoms with Crippen molar-refractivity contribution in [2.24, 2.45) is 0 Å². The number of nitrogens with zero attached hydrogens (tertiary/aromatic N) is 5. The lowest BCUT2D eigenvalue weighted by molar-refractivity contribution is 0.818. The number of rotatable bonds is 3. The Morgan fingerprint density at radius 1 is 1.54 bits per heavy atom. The zero-order chi connectivity index (χ0) is 9.26. The summed E-state index contributed by atoms with van der Waals surface area (Å²) in [6, 6.07) is 0. The minimum atomic E-state index is 0.568. The van der Waals surface area contributed by atoms with Gasteiger partial charge in [0.05, 0.1) is 0 Å². The second kappa shape index (κ2) is 3.25. The Labute approximate surface area is 79.1 Å². The summed E-state index contributed by atoms with van der Waals surface area (Å²) in [7, 11) is 0. The van der Waals surface area contributed by atoms with Gasteiger partial charge in [-0.05, 0) is 6.42 Å². The fourth-order valence-corrected chi connectivity index (χ4v) is 1.70. The molecular weight excluding hydrogens is 188 g/mol. The fraction of sp³-hybridized carbons (Fsp3) is 0.500. The third-order valence-electron chi connectivity index (χ3n) is 1.55. The molecule has 0 atom stereocenters. The van der Waals surface area contributed by atoms with Crippen LogP contribution >= 0.6 is 11.8 Å². The molecule has 70 valence electrons. The lowest BCUT2D eigenvalue weighted by atomic mass is 10.6. The quantitative estimate of drug-likeness (QED) is 0.561. The van der Waals surface area contributed by atoms with E-state index in [4.69, 9.17) is 5.84 Å². The van der Waals surface area contributed by atoms with Gasteiger partial charge in [-0.3, -0.25) is 0 Å². The van der Waals surface area contributed by atoms with Crippen LogP contribution in [-0.2, 0) is 0 Å². The van der Waals surface area contributed by atoms with Crippen molar-refractivity contribution in [3.05, 3.63) is 6.33 Å². The average Bonchev–Trinajstić information content (AvgIpc) is 2.67. The van der Waals surface area contributed by atoms with Gasteiger partial charge in [0.2, 0.25) is 5.16 Å². The van der Waals surface area contributed by atoms with Gasteiger partial charge in [0.1, 0.15) is 6.33 Å². The highest BCUT2D eigenvalue weighted by atomic mass is 32.2. The van der Waals surface area contributed by atoms with E-state index in [9.17, 15) is 0 Å². The van der Waals surface area contributed by atoms with E-state index in [0.717, 1.165) is 17.3 Å². The van der Waals surface area contributed by atoms with Gasteiger partial charge in [-0.2, -0.15) is 9.61 Å². The summed E-state index contributed by atoms with van der Waals surface area (Å²) in [4.78, 5) is 0. The lowest BCUT2D eigenvalue weighted by Crippen LogP contribution is -2.06. The van der Waals surface area contributed by atoms with Gasteiger partial charge in [0.15, 0.2) is 0 Å². The number of fused-ring (bicyclic) bond motifs is 1. The zero-order valence-electron chi connectivity index (χ0n) is 7.21. The monoisotopic (exact) mass is 198 g/mol. The van der Waals surface area contributed by atoms with Gasteiger partial charge in [-0.25, -0.2) is 4.68 Å². The molecule has 0 unspecified atom stereocenters. The molecule has 2 aromatic heterocycles. The van der Waals surface area contributed by atoms with Crippen LogP contribution in [0.4, 0.5) is 0 Å². The van der Waals surface area contributed by atoms with E-state index in [2.05, 4.69) is 22.2 Å². The molecular formula is C6H10N6S. The minimum absolute atomic E-state index is 0.568. The number of aromatic nitrogens is 5. The predicted molar refractivity (Wildman–Crippen MR) is 49.9 cm³/mol. The van der Waals surface area contributed by atoms with Gasteiger partial charge in [-0.15, -0.1) is 10.2 Å². The van der Waals surface area contributed by atoms with Crippen LogP contribution in [-0.4, -0.2) is 30.2 Å². The molecule has 0 aromatic carbocycles. The zero-order valence-corrected chi connectivity index (χ0v) is 8.03. The summed E-state index contributed by atoms with van der Waals surface area (Å²) in [5.41, 5.74) is 0. The SMILES string of the molecule is CCCSc1nnc2n(N)cnn12. The van der Waals surface area contributed by atoms with E-state index in [1.54, 1.807) is 16.3 Å². The van der Waals surface area contributed by atoms with Crippen molar-refractivity contribution < 1.29 is 0 Å². The van der Waals surface area contributed by atoms with E-state index < -0.39 is 0 Å². The molecule has 0 amide bonds. The average molecular weight is 198 g/mol. The van der Waals surface area contributed by atoms with Crippen molar-refractivity contribution in [1.82, 2.24) is 24.5 Å². The summed E-state index contributed by atoms with van der Waals surface area (Å²) in [6.45, 7) is 2.12. The Bertz CT molecular complexity index is 404. The molecule has 0 fully saturated rings. The van der Waals surface area contributed by atoms with Gasteiger partial charge < -0.3 is 5.84 Å². The summed E-state index contributed by atoms with van der Waals surface area (Å²) < 4.78 is 2.99. The lowest BCUT2D eigenvalue weighted by Gasteiger charge is -1.91. The van der Waals surface area contributed by atoms with Gasteiger partial charge >= 0.3 is 0 Å². The molecule has 0 radical (unpaired) electrons. The van der Waals surface area contributed by atoms with Gasteiger partial charge in [0, 0.05) is 5.75 Å². The highest BCUT2D eigenvalue weighted by Crippen LogP contribution is 2.15. The molecule has 0 saturated heterocycles. The van der Waals surface area contributed by atoms with E-state index >= 15 is 0 Å². The molecule has 0 aliphatic rings. The second-order valence-electron chi connectivity index (χ2n) is 2.58. The number of nitrogens with two attached hydrogens (primary N) is 1. The van der Waals surface area contributed by atoms with Crippen molar-refractivity contribution >= 4 is 17.5 Å². The maximum atomic E-state index is 5.54. The van der Waals surface area contributed by atoms with E-state index in [-0.39, 0.29) is 0 Å². The maximum absolute atomic E-state index is 5.54. The fourth-order valence-electron chi connectivity index (χ4n) is 0.962. The van der Waals surface area contributed by atoms with Gasteiger partial charge in [0.25, 0.3) is 5.78 Å². The number of thioether (sulfide) groups is 1. The van der Waals surface area contributed by atoms with E-state index in [0.29, 0.717) is 5.78 Å². The normalized spacial score (nSPS) is 11.2. The van der Waals surface area contributed by atoms with Crippen LogP contribution < -0.4 is 5.84 Å². The Morgan fingerprint density at radius 3 is 3.15 bits per heavy atom. The number of nitrogen functional groups attached to an aromatic ring is 1. The standard InChI is InChI=1S/C6H10N6S/c1-2-3-13-6-10-9-5-11(7)4-8-12(5)6/h4H,2-3,7H2,1H3.